The minimum atomic E-state index is -0.849. The largest absolute Gasteiger partial charge is 0.481 e. The first kappa shape index (κ1) is 14.6. The van der Waals surface area contributed by atoms with Crippen LogP contribution < -0.4 is 5.32 Å². The molecule has 2 amide bonds. The predicted molar refractivity (Wildman–Crippen MR) is 69.0 cm³/mol. The number of rotatable bonds is 4. The first-order valence-electron chi connectivity index (χ1n) is 6.82. The first-order chi connectivity index (χ1) is 9.48. The summed E-state index contributed by atoms with van der Waals surface area (Å²) < 4.78 is 4.66. The molecule has 1 saturated heterocycles. The number of hydrogen-bond acceptors (Lipinski definition) is 4. The second kappa shape index (κ2) is 5.68. The van der Waals surface area contributed by atoms with Crippen molar-refractivity contribution in [2.45, 2.75) is 25.7 Å². The van der Waals surface area contributed by atoms with Crippen molar-refractivity contribution in [1.29, 1.82) is 0 Å². The Morgan fingerprint density at radius 1 is 1.40 bits per heavy atom. The normalized spacial score (nSPS) is 23.9. The molecule has 1 aliphatic carbocycles. The van der Waals surface area contributed by atoms with Gasteiger partial charge in [0.05, 0.1) is 18.4 Å². The Balaban J connectivity index is 1.81. The fourth-order valence-corrected chi connectivity index (χ4v) is 2.73. The van der Waals surface area contributed by atoms with E-state index >= 15 is 0 Å². The van der Waals surface area contributed by atoms with Gasteiger partial charge in [-0.3, -0.25) is 9.59 Å². The molecule has 2 rings (SSSR count). The van der Waals surface area contributed by atoms with Crippen molar-refractivity contribution in [1.82, 2.24) is 10.2 Å². The number of nitrogens with one attached hydrogen (secondary N) is 1. The maximum Gasteiger partial charge on any atom is 0.317 e. The molecule has 2 aliphatic rings. The SMILES string of the molecule is COC(=O)C1CCN(C(=O)NCC2(C(=O)O)CCC2)C1. The van der Waals surface area contributed by atoms with Gasteiger partial charge < -0.3 is 20.1 Å². The minimum Gasteiger partial charge on any atom is -0.481 e. The van der Waals surface area contributed by atoms with Gasteiger partial charge in [-0.2, -0.15) is 0 Å². The summed E-state index contributed by atoms with van der Waals surface area (Å²) in [7, 11) is 1.33. The average Bonchev–Trinajstić information content (AvgIpc) is 2.85. The highest BCUT2D eigenvalue weighted by Gasteiger charge is 2.45. The number of ether oxygens (including phenoxy) is 1. The van der Waals surface area contributed by atoms with E-state index < -0.39 is 11.4 Å². The van der Waals surface area contributed by atoms with E-state index in [4.69, 9.17) is 0 Å². The third kappa shape index (κ3) is 2.71. The van der Waals surface area contributed by atoms with Crippen LogP contribution in [0, 0.1) is 11.3 Å². The zero-order chi connectivity index (χ0) is 14.8. The predicted octanol–water partition coefficient (Wildman–Crippen LogP) is 0.446. The second-order valence-corrected chi connectivity index (χ2v) is 5.55. The summed E-state index contributed by atoms with van der Waals surface area (Å²) >= 11 is 0. The number of carbonyl (C=O) groups is 3. The lowest BCUT2D eigenvalue weighted by molar-refractivity contribution is -0.153. The van der Waals surface area contributed by atoms with Crippen molar-refractivity contribution in [3.63, 3.8) is 0 Å². The number of carbonyl (C=O) groups excluding carboxylic acids is 2. The van der Waals surface area contributed by atoms with Crippen molar-refractivity contribution >= 4 is 18.0 Å². The summed E-state index contributed by atoms with van der Waals surface area (Å²) in [6.45, 7) is 0.977. The fraction of sp³-hybridized carbons (Fsp3) is 0.769. The Bertz CT molecular complexity index is 419. The van der Waals surface area contributed by atoms with Crippen LogP contribution >= 0.6 is 0 Å². The molecule has 1 heterocycles. The molecule has 7 heteroatoms. The van der Waals surface area contributed by atoms with E-state index in [1.807, 2.05) is 0 Å². The summed E-state index contributed by atoms with van der Waals surface area (Å²) in [5, 5.41) is 11.9. The van der Waals surface area contributed by atoms with Crippen LogP contribution in [0.5, 0.6) is 0 Å². The number of urea groups is 1. The van der Waals surface area contributed by atoms with Crippen LogP contribution in [0.25, 0.3) is 0 Å². The summed E-state index contributed by atoms with van der Waals surface area (Å²) in [5.74, 6) is -1.43. The molecule has 1 unspecified atom stereocenters. The standard InChI is InChI=1S/C13H20N2O5/c1-20-10(16)9-3-6-15(7-9)12(19)14-8-13(11(17)18)4-2-5-13/h9H,2-8H2,1H3,(H,14,19)(H,17,18). The highest BCUT2D eigenvalue weighted by molar-refractivity contribution is 5.80. The lowest BCUT2D eigenvalue weighted by atomic mass is 9.69. The van der Waals surface area contributed by atoms with Crippen molar-refractivity contribution in [3.05, 3.63) is 0 Å². The third-order valence-corrected chi connectivity index (χ3v) is 4.35. The molecule has 20 heavy (non-hydrogen) atoms. The third-order valence-electron chi connectivity index (χ3n) is 4.35. The summed E-state index contributed by atoms with van der Waals surface area (Å²) in [6.07, 6.45) is 2.68. The quantitative estimate of drug-likeness (QED) is 0.731. The van der Waals surface area contributed by atoms with Crippen molar-refractivity contribution in [2.24, 2.45) is 11.3 Å². The molecule has 1 saturated carbocycles. The van der Waals surface area contributed by atoms with Gasteiger partial charge in [0, 0.05) is 19.6 Å². The van der Waals surface area contributed by atoms with Gasteiger partial charge in [0.2, 0.25) is 0 Å². The maximum atomic E-state index is 12.0. The van der Waals surface area contributed by atoms with E-state index in [0.717, 1.165) is 6.42 Å². The van der Waals surface area contributed by atoms with Crippen LogP contribution in [-0.2, 0) is 14.3 Å². The minimum absolute atomic E-state index is 0.153. The molecular weight excluding hydrogens is 264 g/mol. The molecule has 0 aromatic rings. The summed E-state index contributed by atoms with van der Waals surface area (Å²) in [4.78, 5) is 36.1. The van der Waals surface area contributed by atoms with E-state index in [2.05, 4.69) is 10.1 Å². The van der Waals surface area contributed by atoms with Gasteiger partial charge in [-0.15, -0.1) is 0 Å². The Hall–Kier alpha value is -1.79. The van der Waals surface area contributed by atoms with Crippen LogP contribution in [0.1, 0.15) is 25.7 Å². The monoisotopic (exact) mass is 284 g/mol. The molecule has 0 spiro atoms. The number of likely N-dealkylation sites (tertiary alicyclic amines) is 1. The average molecular weight is 284 g/mol. The number of carboxylic acids is 1. The molecule has 0 aromatic heterocycles. The highest BCUT2D eigenvalue weighted by Crippen LogP contribution is 2.40. The van der Waals surface area contributed by atoms with Crippen LogP contribution in [0.15, 0.2) is 0 Å². The smallest absolute Gasteiger partial charge is 0.317 e. The number of carboxylic acid groups (broad SMARTS) is 1. The molecule has 0 aromatic carbocycles. The van der Waals surface area contributed by atoms with Crippen molar-refractivity contribution in [3.8, 4) is 0 Å². The lowest BCUT2D eigenvalue weighted by Crippen LogP contribution is -2.50. The van der Waals surface area contributed by atoms with Crippen LogP contribution in [0.3, 0.4) is 0 Å². The number of nitrogens with zero attached hydrogens (tertiary/aromatic N) is 1. The fourth-order valence-electron chi connectivity index (χ4n) is 2.73. The van der Waals surface area contributed by atoms with Crippen LogP contribution in [-0.4, -0.2) is 54.7 Å². The molecule has 112 valence electrons. The van der Waals surface area contributed by atoms with Gasteiger partial charge in [0.15, 0.2) is 0 Å². The van der Waals surface area contributed by atoms with Gasteiger partial charge in [-0.1, -0.05) is 6.42 Å². The van der Waals surface area contributed by atoms with Gasteiger partial charge in [0.1, 0.15) is 0 Å². The van der Waals surface area contributed by atoms with Crippen LogP contribution in [0.2, 0.25) is 0 Å². The Morgan fingerprint density at radius 3 is 2.60 bits per heavy atom. The van der Waals surface area contributed by atoms with E-state index in [1.165, 1.54) is 12.0 Å². The van der Waals surface area contributed by atoms with Gasteiger partial charge in [-0.25, -0.2) is 4.79 Å². The molecule has 1 aliphatic heterocycles. The van der Waals surface area contributed by atoms with Crippen molar-refractivity contribution < 1.29 is 24.2 Å². The lowest BCUT2D eigenvalue weighted by Gasteiger charge is -2.37. The zero-order valence-corrected chi connectivity index (χ0v) is 11.6. The molecule has 1 atom stereocenters. The van der Waals surface area contributed by atoms with Crippen LogP contribution in [0.4, 0.5) is 4.79 Å². The molecule has 0 radical (unpaired) electrons. The van der Waals surface area contributed by atoms with E-state index in [9.17, 15) is 19.5 Å². The van der Waals surface area contributed by atoms with Gasteiger partial charge >= 0.3 is 18.0 Å². The molecule has 2 N–H and O–H groups in total. The van der Waals surface area contributed by atoms with Gasteiger partial charge in [0.25, 0.3) is 0 Å². The Labute approximate surface area is 117 Å². The Kier molecular flexibility index (Phi) is 4.15. The first-order valence-corrected chi connectivity index (χ1v) is 6.82. The molecule has 7 nitrogen and oxygen atoms in total. The number of methoxy groups -OCH3 is 1. The number of esters is 1. The number of amides is 2. The summed E-state index contributed by atoms with van der Waals surface area (Å²) in [5.41, 5.74) is -0.795. The number of aliphatic carboxylic acids is 1. The van der Waals surface area contributed by atoms with E-state index in [-0.39, 0.29) is 24.5 Å². The van der Waals surface area contributed by atoms with Gasteiger partial charge in [-0.05, 0) is 19.3 Å². The van der Waals surface area contributed by atoms with E-state index in [0.29, 0.717) is 32.4 Å². The maximum absolute atomic E-state index is 12.0. The molecule has 2 fully saturated rings. The highest BCUT2D eigenvalue weighted by atomic mass is 16.5. The topological polar surface area (TPSA) is 95.9 Å². The molecule has 0 bridgehead atoms. The van der Waals surface area contributed by atoms with Crippen molar-refractivity contribution in [2.75, 3.05) is 26.7 Å². The number of hydrogen-bond donors (Lipinski definition) is 2. The van der Waals surface area contributed by atoms with E-state index in [1.54, 1.807) is 0 Å². The Morgan fingerprint density at radius 2 is 2.10 bits per heavy atom. The summed E-state index contributed by atoms with van der Waals surface area (Å²) in [6, 6.07) is -0.302. The molecular formula is C13H20N2O5. The second-order valence-electron chi connectivity index (χ2n) is 5.55. The zero-order valence-electron chi connectivity index (χ0n) is 11.6.